The minimum atomic E-state index is 0.272. The molecule has 1 aromatic carbocycles. The van der Waals surface area contributed by atoms with Crippen molar-refractivity contribution in [3.05, 3.63) is 23.8 Å². The van der Waals surface area contributed by atoms with Crippen LogP contribution in [0.4, 0.5) is 5.82 Å². The van der Waals surface area contributed by atoms with Gasteiger partial charge < -0.3 is 14.4 Å². The summed E-state index contributed by atoms with van der Waals surface area (Å²) in [5.41, 5.74) is 1.89. The van der Waals surface area contributed by atoms with Crippen LogP contribution in [0.1, 0.15) is 5.56 Å². The van der Waals surface area contributed by atoms with Crippen molar-refractivity contribution < 1.29 is 9.47 Å². The molecule has 1 aliphatic heterocycles. The lowest BCUT2D eigenvalue weighted by atomic mass is 10.1. The lowest BCUT2D eigenvalue weighted by Gasteiger charge is -2.16. The fourth-order valence-electron chi connectivity index (χ4n) is 2.08. The number of pyridine rings is 1. The summed E-state index contributed by atoms with van der Waals surface area (Å²) in [6.45, 7) is 0.272. The van der Waals surface area contributed by atoms with Crippen molar-refractivity contribution in [2.75, 3.05) is 25.8 Å². The zero-order valence-electron chi connectivity index (χ0n) is 10.2. The average molecular weight is 265 g/mol. The Morgan fingerprint density at radius 3 is 2.61 bits per heavy atom. The van der Waals surface area contributed by atoms with Crippen LogP contribution in [0, 0.1) is 0 Å². The molecule has 3 rings (SSSR count). The van der Waals surface area contributed by atoms with Gasteiger partial charge in [-0.25, -0.2) is 4.98 Å². The first-order valence-electron chi connectivity index (χ1n) is 5.65. The molecule has 0 N–H and O–H groups in total. The van der Waals surface area contributed by atoms with Gasteiger partial charge in [-0.15, -0.1) is 11.6 Å². The molecule has 0 spiro atoms. The van der Waals surface area contributed by atoms with Crippen LogP contribution in [0.15, 0.2) is 18.2 Å². The van der Waals surface area contributed by atoms with Crippen molar-refractivity contribution in [1.82, 2.24) is 4.98 Å². The maximum atomic E-state index is 5.97. The van der Waals surface area contributed by atoms with Gasteiger partial charge >= 0.3 is 0 Å². The van der Waals surface area contributed by atoms with Gasteiger partial charge in [0.15, 0.2) is 11.5 Å². The molecular formula is C13H13ClN2O2. The maximum Gasteiger partial charge on any atom is 0.231 e. The topological polar surface area (TPSA) is 34.6 Å². The van der Waals surface area contributed by atoms with E-state index in [2.05, 4.69) is 4.98 Å². The molecule has 0 radical (unpaired) electrons. The lowest BCUT2D eigenvalue weighted by molar-refractivity contribution is 0.174. The Morgan fingerprint density at radius 2 is 1.94 bits per heavy atom. The van der Waals surface area contributed by atoms with Crippen LogP contribution < -0.4 is 14.4 Å². The summed E-state index contributed by atoms with van der Waals surface area (Å²) < 4.78 is 10.7. The van der Waals surface area contributed by atoms with E-state index in [0.717, 1.165) is 33.8 Å². The summed E-state index contributed by atoms with van der Waals surface area (Å²) >= 11 is 5.97. The van der Waals surface area contributed by atoms with Crippen LogP contribution in [0.5, 0.6) is 11.5 Å². The zero-order valence-corrected chi connectivity index (χ0v) is 11.0. The van der Waals surface area contributed by atoms with Gasteiger partial charge in [0.25, 0.3) is 0 Å². The zero-order chi connectivity index (χ0) is 12.7. The standard InChI is InChI=1S/C13H13ClN2O2/c1-16(2)13-9(6-14)3-8-4-11-12(18-7-17-11)5-10(8)15-13/h3-5H,6-7H2,1-2H3. The van der Waals surface area contributed by atoms with Crippen molar-refractivity contribution in [3.63, 3.8) is 0 Å². The van der Waals surface area contributed by atoms with Crippen LogP contribution >= 0.6 is 11.6 Å². The highest BCUT2D eigenvalue weighted by atomic mass is 35.5. The van der Waals surface area contributed by atoms with E-state index in [-0.39, 0.29) is 6.79 Å². The van der Waals surface area contributed by atoms with Gasteiger partial charge in [0.2, 0.25) is 6.79 Å². The third kappa shape index (κ3) is 1.73. The molecule has 18 heavy (non-hydrogen) atoms. The monoisotopic (exact) mass is 264 g/mol. The molecule has 0 saturated carbocycles. The molecule has 0 fully saturated rings. The van der Waals surface area contributed by atoms with E-state index < -0.39 is 0 Å². The molecule has 4 nitrogen and oxygen atoms in total. The normalized spacial score (nSPS) is 13.1. The first-order chi connectivity index (χ1) is 8.69. The minimum absolute atomic E-state index is 0.272. The minimum Gasteiger partial charge on any atom is -0.454 e. The van der Waals surface area contributed by atoms with Crippen molar-refractivity contribution in [3.8, 4) is 11.5 Å². The van der Waals surface area contributed by atoms with E-state index in [9.17, 15) is 0 Å². The highest BCUT2D eigenvalue weighted by Gasteiger charge is 2.16. The Morgan fingerprint density at radius 1 is 1.22 bits per heavy atom. The highest BCUT2D eigenvalue weighted by Crippen LogP contribution is 2.36. The van der Waals surface area contributed by atoms with Crippen LogP contribution in [-0.2, 0) is 5.88 Å². The van der Waals surface area contributed by atoms with E-state index in [1.54, 1.807) is 0 Å². The molecule has 0 atom stereocenters. The summed E-state index contributed by atoms with van der Waals surface area (Å²) in [5.74, 6) is 2.84. The van der Waals surface area contributed by atoms with E-state index in [1.807, 2.05) is 37.2 Å². The molecule has 2 aromatic rings. The predicted molar refractivity (Wildman–Crippen MR) is 71.8 cm³/mol. The Bertz CT molecular complexity index is 613. The van der Waals surface area contributed by atoms with Crippen molar-refractivity contribution in [1.29, 1.82) is 0 Å². The lowest BCUT2D eigenvalue weighted by Crippen LogP contribution is -2.13. The average Bonchev–Trinajstić information content (AvgIpc) is 2.81. The molecule has 2 heterocycles. The molecule has 94 valence electrons. The van der Waals surface area contributed by atoms with Gasteiger partial charge in [-0.3, -0.25) is 0 Å². The molecule has 1 aliphatic rings. The second-order valence-corrected chi connectivity index (χ2v) is 4.66. The number of hydrogen-bond acceptors (Lipinski definition) is 4. The molecule has 1 aromatic heterocycles. The largest absolute Gasteiger partial charge is 0.454 e. The Kier molecular flexibility index (Phi) is 2.67. The number of benzene rings is 1. The Balaban J connectivity index is 2.24. The van der Waals surface area contributed by atoms with Crippen LogP contribution in [-0.4, -0.2) is 25.9 Å². The first-order valence-corrected chi connectivity index (χ1v) is 6.19. The number of hydrogen-bond donors (Lipinski definition) is 0. The number of alkyl halides is 1. The molecule has 0 bridgehead atoms. The summed E-state index contributed by atoms with van der Waals surface area (Å²) in [4.78, 5) is 6.59. The van der Waals surface area contributed by atoms with E-state index in [1.165, 1.54) is 0 Å². The smallest absolute Gasteiger partial charge is 0.231 e. The SMILES string of the molecule is CN(C)c1nc2cc3c(cc2cc1CCl)OCO3. The fraction of sp³-hybridized carbons (Fsp3) is 0.308. The van der Waals surface area contributed by atoms with Gasteiger partial charge in [0.1, 0.15) is 5.82 Å². The quantitative estimate of drug-likeness (QED) is 0.782. The van der Waals surface area contributed by atoms with E-state index in [4.69, 9.17) is 21.1 Å². The van der Waals surface area contributed by atoms with Gasteiger partial charge in [-0.2, -0.15) is 0 Å². The Labute approximate surface area is 110 Å². The molecular weight excluding hydrogens is 252 g/mol. The van der Waals surface area contributed by atoms with Gasteiger partial charge in [-0.1, -0.05) is 0 Å². The second-order valence-electron chi connectivity index (χ2n) is 4.40. The first kappa shape index (κ1) is 11.4. The third-order valence-electron chi connectivity index (χ3n) is 2.93. The molecule has 0 unspecified atom stereocenters. The van der Waals surface area contributed by atoms with Gasteiger partial charge in [0.05, 0.1) is 11.4 Å². The summed E-state index contributed by atoms with van der Waals surface area (Å²) in [6.07, 6.45) is 0. The summed E-state index contributed by atoms with van der Waals surface area (Å²) in [7, 11) is 3.91. The van der Waals surface area contributed by atoms with Crippen molar-refractivity contribution >= 4 is 28.3 Å². The maximum absolute atomic E-state index is 5.97. The van der Waals surface area contributed by atoms with E-state index in [0.29, 0.717) is 5.88 Å². The number of rotatable bonds is 2. The summed E-state index contributed by atoms with van der Waals surface area (Å²) in [5, 5.41) is 1.01. The highest BCUT2D eigenvalue weighted by molar-refractivity contribution is 6.17. The number of ether oxygens (including phenoxy) is 2. The van der Waals surface area contributed by atoms with Crippen LogP contribution in [0.3, 0.4) is 0 Å². The van der Waals surface area contributed by atoms with Gasteiger partial charge in [-0.05, 0) is 12.1 Å². The van der Waals surface area contributed by atoms with Gasteiger partial charge in [0, 0.05) is 31.1 Å². The third-order valence-corrected chi connectivity index (χ3v) is 3.22. The number of halogens is 1. The fourth-order valence-corrected chi connectivity index (χ4v) is 2.28. The summed E-state index contributed by atoms with van der Waals surface area (Å²) in [6, 6.07) is 5.90. The number of aromatic nitrogens is 1. The Hall–Kier alpha value is -1.68. The van der Waals surface area contributed by atoms with Crippen molar-refractivity contribution in [2.24, 2.45) is 0 Å². The molecule has 0 amide bonds. The predicted octanol–water partition coefficient (Wildman–Crippen LogP) is 2.77. The van der Waals surface area contributed by atoms with Crippen molar-refractivity contribution in [2.45, 2.75) is 5.88 Å². The number of nitrogens with zero attached hydrogens (tertiary/aromatic N) is 2. The number of fused-ring (bicyclic) bond motifs is 2. The van der Waals surface area contributed by atoms with E-state index >= 15 is 0 Å². The molecule has 0 aliphatic carbocycles. The van der Waals surface area contributed by atoms with Crippen LogP contribution in [0.2, 0.25) is 0 Å². The second kappa shape index (κ2) is 4.21. The molecule has 0 saturated heterocycles. The number of anilines is 1. The van der Waals surface area contributed by atoms with Crippen LogP contribution in [0.25, 0.3) is 10.9 Å². The molecule has 5 heteroatoms.